The summed E-state index contributed by atoms with van der Waals surface area (Å²) in [6.07, 6.45) is 3.74. The Labute approximate surface area is 104 Å². The number of likely N-dealkylation sites (tertiary alicyclic amines) is 1. The monoisotopic (exact) mass is 233 g/mol. The standard InChI is InChI=1S/C14H23N3/c1-2-9-17-10-7-14(8-11-17)16-13-5-3-12(15)4-6-13/h3-6,14,16H,2,7-11,15H2,1H3. The molecule has 3 heteroatoms. The Bertz CT molecular complexity index is 326. The third-order valence-electron chi connectivity index (χ3n) is 3.41. The number of benzene rings is 1. The van der Waals surface area contributed by atoms with Crippen LogP contribution in [0, 0.1) is 0 Å². The van der Waals surface area contributed by atoms with E-state index in [0.29, 0.717) is 6.04 Å². The number of nitrogens with one attached hydrogen (secondary N) is 1. The molecule has 0 atom stereocenters. The van der Waals surface area contributed by atoms with Crippen molar-refractivity contribution in [3.05, 3.63) is 24.3 Å². The highest BCUT2D eigenvalue weighted by molar-refractivity contribution is 5.51. The van der Waals surface area contributed by atoms with Gasteiger partial charge in [0.1, 0.15) is 0 Å². The molecular formula is C14H23N3. The second kappa shape index (κ2) is 5.92. The Kier molecular flexibility index (Phi) is 4.26. The smallest absolute Gasteiger partial charge is 0.0343 e. The molecule has 94 valence electrons. The van der Waals surface area contributed by atoms with Crippen molar-refractivity contribution in [1.82, 2.24) is 4.90 Å². The summed E-state index contributed by atoms with van der Waals surface area (Å²) in [6, 6.07) is 8.65. The maximum absolute atomic E-state index is 5.68. The Balaban J connectivity index is 1.79. The summed E-state index contributed by atoms with van der Waals surface area (Å²) in [7, 11) is 0. The molecule has 3 N–H and O–H groups in total. The average molecular weight is 233 g/mol. The Morgan fingerprint density at radius 3 is 2.47 bits per heavy atom. The van der Waals surface area contributed by atoms with Gasteiger partial charge in [0.05, 0.1) is 0 Å². The van der Waals surface area contributed by atoms with Crippen molar-refractivity contribution in [3.63, 3.8) is 0 Å². The summed E-state index contributed by atoms with van der Waals surface area (Å²) in [6.45, 7) is 5.94. The molecule has 0 saturated carbocycles. The lowest BCUT2D eigenvalue weighted by molar-refractivity contribution is 0.219. The maximum Gasteiger partial charge on any atom is 0.0343 e. The predicted molar refractivity (Wildman–Crippen MR) is 74.2 cm³/mol. The minimum atomic E-state index is 0.617. The van der Waals surface area contributed by atoms with Gasteiger partial charge in [0.2, 0.25) is 0 Å². The van der Waals surface area contributed by atoms with E-state index in [9.17, 15) is 0 Å². The summed E-state index contributed by atoms with van der Waals surface area (Å²) in [5.74, 6) is 0. The van der Waals surface area contributed by atoms with Crippen molar-refractivity contribution in [2.45, 2.75) is 32.2 Å². The molecular weight excluding hydrogens is 210 g/mol. The third kappa shape index (κ3) is 3.63. The van der Waals surface area contributed by atoms with E-state index in [-0.39, 0.29) is 0 Å². The quantitative estimate of drug-likeness (QED) is 0.785. The van der Waals surface area contributed by atoms with E-state index in [1.165, 1.54) is 44.6 Å². The van der Waals surface area contributed by atoms with Crippen molar-refractivity contribution in [2.24, 2.45) is 0 Å². The maximum atomic E-state index is 5.68. The van der Waals surface area contributed by atoms with Crippen LogP contribution in [0.4, 0.5) is 11.4 Å². The number of hydrogen-bond donors (Lipinski definition) is 2. The van der Waals surface area contributed by atoms with Crippen molar-refractivity contribution >= 4 is 11.4 Å². The number of rotatable bonds is 4. The van der Waals surface area contributed by atoms with Crippen LogP contribution in [0.2, 0.25) is 0 Å². The zero-order valence-corrected chi connectivity index (χ0v) is 10.7. The van der Waals surface area contributed by atoms with Gasteiger partial charge >= 0.3 is 0 Å². The van der Waals surface area contributed by atoms with Crippen LogP contribution in [0.25, 0.3) is 0 Å². The molecule has 0 unspecified atom stereocenters. The SMILES string of the molecule is CCCN1CCC(Nc2ccc(N)cc2)CC1. The Morgan fingerprint density at radius 2 is 1.88 bits per heavy atom. The molecule has 1 saturated heterocycles. The summed E-state index contributed by atoms with van der Waals surface area (Å²) in [4.78, 5) is 2.56. The van der Waals surface area contributed by atoms with E-state index in [4.69, 9.17) is 5.73 Å². The average Bonchev–Trinajstić information content (AvgIpc) is 2.35. The normalized spacial score (nSPS) is 18.2. The van der Waals surface area contributed by atoms with Gasteiger partial charge in [0.15, 0.2) is 0 Å². The summed E-state index contributed by atoms with van der Waals surface area (Å²) >= 11 is 0. The minimum absolute atomic E-state index is 0.617. The molecule has 1 aromatic rings. The van der Waals surface area contributed by atoms with Crippen LogP contribution in [-0.2, 0) is 0 Å². The van der Waals surface area contributed by atoms with E-state index in [1.54, 1.807) is 0 Å². The zero-order valence-electron chi connectivity index (χ0n) is 10.7. The molecule has 0 spiro atoms. The van der Waals surface area contributed by atoms with E-state index < -0.39 is 0 Å². The van der Waals surface area contributed by atoms with Crippen molar-refractivity contribution in [2.75, 3.05) is 30.7 Å². The largest absolute Gasteiger partial charge is 0.399 e. The number of nitrogens with two attached hydrogens (primary N) is 1. The summed E-state index contributed by atoms with van der Waals surface area (Å²) < 4.78 is 0. The molecule has 0 aliphatic carbocycles. The van der Waals surface area contributed by atoms with Crippen LogP contribution in [0.5, 0.6) is 0 Å². The fraction of sp³-hybridized carbons (Fsp3) is 0.571. The van der Waals surface area contributed by atoms with Gasteiger partial charge in [-0.05, 0) is 50.1 Å². The fourth-order valence-electron chi connectivity index (χ4n) is 2.43. The van der Waals surface area contributed by atoms with Crippen LogP contribution >= 0.6 is 0 Å². The fourth-order valence-corrected chi connectivity index (χ4v) is 2.43. The number of anilines is 2. The molecule has 0 bridgehead atoms. The Hall–Kier alpha value is -1.22. The van der Waals surface area contributed by atoms with Crippen molar-refractivity contribution in [3.8, 4) is 0 Å². The summed E-state index contributed by atoms with van der Waals surface area (Å²) in [5, 5.41) is 3.59. The molecule has 1 aromatic carbocycles. The summed E-state index contributed by atoms with van der Waals surface area (Å²) in [5.41, 5.74) is 7.69. The molecule has 1 aliphatic heterocycles. The minimum Gasteiger partial charge on any atom is -0.399 e. The van der Waals surface area contributed by atoms with Gasteiger partial charge < -0.3 is 16.0 Å². The van der Waals surface area contributed by atoms with Crippen LogP contribution in [-0.4, -0.2) is 30.6 Å². The number of nitrogen functional groups attached to an aromatic ring is 1. The zero-order chi connectivity index (χ0) is 12.1. The highest BCUT2D eigenvalue weighted by Gasteiger charge is 2.17. The van der Waals surface area contributed by atoms with E-state index >= 15 is 0 Å². The van der Waals surface area contributed by atoms with E-state index in [0.717, 1.165) is 5.69 Å². The third-order valence-corrected chi connectivity index (χ3v) is 3.41. The van der Waals surface area contributed by atoms with Crippen LogP contribution in [0.3, 0.4) is 0 Å². The van der Waals surface area contributed by atoms with E-state index in [2.05, 4.69) is 29.3 Å². The molecule has 1 aliphatic rings. The molecule has 2 rings (SSSR count). The second-order valence-corrected chi connectivity index (χ2v) is 4.88. The lowest BCUT2D eigenvalue weighted by Crippen LogP contribution is -2.39. The van der Waals surface area contributed by atoms with E-state index in [1.807, 2.05) is 12.1 Å². The van der Waals surface area contributed by atoms with Gasteiger partial charge in [0.25, 0.3) is 0 Å². The molecule has 1 fully saturated rings. The molecule has 3 nitrogen and oxygen atoms in total. The number of nitrogens with zero attached hydrogens (tertiary/aromatic N) is 1. The second-order valence-electron chi connectivity index (χ2n) is 4.88. The topological polar surface area (TPSA) is 41.3 Å². The highest BCUT2D eigenvalue weighted by Crippen LogP contribution is 2.17. The van der Waals surface area contributed by atoms with Gasteiger partial charge in [-0.15, -0.1) is 0 Å². The first-order valence-corrected chi connectivity index (χ1v) is 6.62. The van der Waals surface area contributed by atoms with Gasteiger partial charge in [-0.1, -0.05) is 6.92 Å². The van der Waals surface area contributed by atoms with Crippen LogP contribution < -0.4 is 11.1 Å². The highest BCUT2D eigenvalue weighted by atomic mass is 15.1. The van der Waals surface area contributed by atoms with Gasteiger partial charge in [-0.3, -0.25) is 0 Å². The molecule has 0 aromatic heterocycles. The van der Waals surface area contributed by atoms with Gasteiger partial charge in [-0.25, -0.2) is 0 Å². The number of hydrogen-bond acceptors (Lipinski definition) is 3. The van der Waals surface area contributed by atoms with Crippen LogP contribution in [0.15, 0.2) is 24.3 Å². The van der Waals surface area contributed by atoms with Crippen LogP contribution in [0.1, 0.15) is 26.2 Å². The lowest BCUT2D eigenvalue weighted by Gasteiger charge is -2.32. The molecule has 0 amide bonds. The van der Waals surface area contributed by atoms with Gasteiger partial charge in [-0.2, -0.15) is 0 Å². The van der Waals surface area contributed by atoms with Crippen molar-refractivity contribution < 1.29 is 0 Å². The molecule has 0 radical (unpaired) electrons. The predicted octanol–water partition coefficient (Wildman–Crippen LogP) is 2.56. The first-order chi connectivity index (χ1) is 8.28. The first kappa shape index (κ1) is 12.2. The number of piperidine rings is 1. The molecule has 1 heterocycles. The lowest BCUT2D eigenvalue weighted by atomic mass is 10.0. The van der Waals surface area contributed by atoms with Crippen molar-refractivity contribution in [1.29, 1.82) is 0 Å². The molecule has 17 heavy (non-hydrogen) atoms. The Morgan fingerprint density at radius 1 is 1.24 bits per heavy atom. The first-order valence-electron chi connectivity index (χ1n) is 6.62. The van der Waals surface area contributed by atoms with Gasteiger partial charge in [0, 0.05) is 30.5 Å².